The summed E-state index contributed by atoms with van der Waals surface area (Å²) in [7, 11) is 0. The highest BCUT2D eigenvalue weighted by Crippen LogP contribution is 2.08. The smallest absolute Gasteiger partial charge is 0.131 e. The number of carbonyl (C=O) groups is 1. The summed E-state index contributed by atoms with van der Waals surface area (Å²) in [6, 6.07) is 0.325. The molecule has 12 heavy (non-hydrogen) atoms. The van der Waals surface area contributed by atoms with Crippen molar-refractivity contribution < 1.29 is 4.79 Å². The van der Waals surface area contributed by atoms with Gasteiger partial charge in [0.15, 0.2) is 0 Å². The SMILES string of the molecule is CC(=O)CCN1CCCC(N)C1. The Balaban J connectivity index is 2.18. The fourth-order valence-electron chi connectivity index (χ4n) is 1.61. The Morgan fingerprint density at radius 3 is 3.00 bits per heavy atom. The zero-order valence-corrected chi connectivity index (χ0v) is 7.75. The zero-order chi connectivity index (χ0) is 8.97. The minimum absolute atomic E-state index is 0.272. The molecule has 70 valence electrons. The van der Waals surface area contributed by atoms with Gasteiger partial charge in [0.25, 0.3) is 0 Å². The summed E-state index contributed by atoms with van der Waals surface area (Å²) in [5.41, 5.74) is 5.80. The normalized spacial score (nSPS) is 25.7. The van der Waals surface area contributed by atoms with Crippen LogP contribution in [-0.2, 0) is 4.79 Å². The third kappa shape index (κ3) is 3.32. The van der Waals surface area contributed by atoms with Gasteiger partial charge >= 0.3 is 0 Å². The highest BCUT2D eigenvalue weighted by molar-refractivity contribution is 5.75. The molecular formula is C9H18N2O. The molecule has 0 bridgehead atoms. The first-order valence-corrected chi connectivity index (χ1v) is 4.66. The van der Waals surface area contributed by atoms with Crippen molar-refractivity contribution in [3.05, 3.63) is 0 Å². The lowest BCUT2D eigenvalue weighted by molar-refractivity contribution is -0.117. The van der Waals surface area contributed by atoms with Crippen molar-refractivity contribution in [1.82, 2.24) is 4.90 Å². The lowest BCUT2D eigenvalue weighted by atomic mass is 10.1. The van der Waals surface area contributed by atoms with Crippen molar-refractivity contribution >= 4 is 5.78 Å². The van der Waals surface area contributed by atoms with Crippen LogP contribution in [0.1, 0.15) is 26.2 Å². The van der Waals surface area contributed by atoms with Gasteiger partial charge in [0.1, 0.15) is 5.78 Å². The first-order valence-electron chi connectivity index (χ1n) is 4.66. The van der Waals surface area contributed by atoms with E-state index in [1.807, 2.05) is 0 Å². The van der Waals surface area contributed by atoms with Crippen LogP contribution in [0.25, 0.3) is 0 Å². The maximum atomic E-state index is 10.7. The number of hydrogen-bond donors (Lipinski definition) is 1. The molecule has 1 saturated heterocycles. The summed E-state index contributed by atoms with van der Waals surface area (Å²) in [5.74, 6) is 0.272. The largest absolute Gasteiger partial charge is 0.327 e. The molecule has 1 heterocycles. The van der Waals surface area contributed by atoms with Crippen molar-refractivity contribution in [2.75, 3.05) is 19.6 Å². The van der Waals surface area contributed by atoms with E-state index in [9.17, 15) is 4.79 Å². The Morgan fingerprint density at radius 2 is 2.42 bits per heavy atom. The van der Waals surface area contributed by atoms with Gasteiger partial charge in [-0.3, -0.25) is 4.79 Å². The lowest BCUT2D eigenvalue weighted by Crippen LogP contribution is -2.43. The number of piperidine rings is 1. The van der Waals surface area contributed by atoms with Crippen molar-refractivity contribution in [3.8, 4) is 0 Å². The molecule has 0 aromatic rings. The molecular weight excluding hydrogens is 152 g/mol. The Hall–Kier alpha value is -0.410. The number of carbonyl (C=O) groups excluding carboxylic acids is 1. The highest BCUT2D eigenvalue weighted by Gasteiger charge is 2.15. The molecule has 1 fully saturated rings. The second-order valence-electron chi connectivity index (χ2n) is 3.65. The number of nitrogens with two attached hydrogens (primary N) is 1. The molecule has 3 heteroatoms. The van der Waals surface area contributed by atoms with E-state index in [1.54, 1.807) is 6.92 Å². The minimum Gasteiger partial charge on any atom is -0.327 e. The maximum Gasteiger partial charge on any atom is 0.131 e. The van der Waals surface area contributed by atoms with Crippen LogP contribution in [0.5, 0.6) is 0 Å². The number of hydrogen-bond acceptors (Lipinski definition) is 3. The Kier molecular flexibility index (Phi) is 3.69. The van der Waals surface area contributed by atoms with Gasteiger partial charge in [0, 0.05) is 25.6 Å². The van der Waals surface area contributed by atoms with Crippen LogP contribution < -0.4 is 5.73 Å². The molecule has 1 aliphatic rings. The van der Waals surface area contributed by atoms with Crippen LogP contribution in [0.2, 0.25) is 0 Å². The quantitative estimate of drug-likeness (QED) is 0.666. The van der Waals surface area contributed by atoms with E-state index in [1.165, 1.54) is 6.42 Å². The third-order valence-corrected chi connectivity index (χ3v) is 2.32. The van der Waals surface area contributed by atoms with Crippen molar-refractivity contribution in [2.24, 2.45) is 5.73 Å². The third-order valence-electron chi connectivity index (χ3n) is 2.32. The molecule has 0 aromatic carbocycles. The van der Waals surface area contributed by atoms with Crippen molar-refractivity contribution in [3.63, 3.8) is 0 Å². The van der Waals surface area contributed by atoms with E-state index in [-0.39, 0.29) is 5.78 Å². The van der Waals surface area contributed by atoms with E-state index >= 15 is 0 Å². The van der Waals surface area contributed by atoms with E-state index < -0.39 is 0 Å². The minimum atomic E-state index is 0.272. The fourth-order valence-corrected chi connectivity index (χ4v) is 1.61. The average Bonchev–Trinajstić information content (AvgIpc) is 2.01. The summed E-state index contributed by atoms with van der Waals surface area (Å²) < 4.78 is 0. The number of ketones is 1. The summed E-state index contributed by atoms with van der Waals surface area (Å²) in [5, 5.41) is 0. The molecule has 1 aliphatic heterocycles. The molecule has 1 unspecified atom stereocenters. The van der Waals surface area contributed by atoms with Gasteiger partial charge in [0.05, 0.1) is 0 Å². The first-order chi connectivity index (χ1) is 5.68. The van der Waals surface area contributed by atoms with Crippen molar-refractivity contribution in [1.29, 1.82) is 0 Å². The van der Waals surface area contributed by atoms with Crippen LogP contribution in [0, 0.1) is 0 Å². The highest BCUT2D eigenvalue weighted by atomic mass is 16.1. The lowest BCUT2D eigenvalue weighted by Gasteiger charge is -2.30. The second kappa shape index (κ2) is 4.58. The first kappa shape index (κ1) is 9.68. The monoisotopic (exact) mass is 170 g/mol. The van der Waals surface area contributed by atoms with Crippen molar-refractivity contribution in [2.45, 2.75) is 32.2 Å². The molecule has 0 amide bonds. The van der Waals surface area contributed by atoms with Gasteiger partial charge in [-0.15, -0.1) is 0 Å². The van der Waals surface area contributed by atoms with Crippen LogP contribution in [0.3, 0.4) is 0 Å². The molecule has 1 atom stereocenters. The van der Waals surface area contributed by atoms with Gasteiger partial charge < -0.3 is 10.6 Å². The zero-order valence-electron chi connectivity index (χ0n) is 7.75. The van der Waals surface area contributed by atoms with E-state index in [4.69, 9.17) is 5.73 Å². The van der Waals surface area contributed by atoms with Gasteiger partial charge in [-0.25, -0.2) is 0 Å². The summed E-state index contributed by atoms with van der Waals surface area (Å²) >= 11 is 0. The second-order valence-corrected chi connectivity index (χ2v) is 3.65. The molecule has 1 rings (SSSR count). The van der Waals surface area contributed by atoms with Crippen LogP contribution in [-0.4, -0.2) is 36.4 Å². The number of Topliss-reactive ketones (excluding diaryl/α,β-unsaturated/α-hetero) is 1. The summed E-state index contributed by atoms with van der Waals surface area (Å²) in [6.45, 7) is 4.61. The van der Waals surface area contributed by atoms with Gasteiger partial charge in [-0.2, -0.15) is 0 Å². The Morgan fingerprint density at radius 1 is 1.67 bits per heavy atom. The van der Waals surface area contributed by atoms with Gasteiger partial charge in [0.2, 0.25) is 0 Å². The number of nitrogens with zero attached hydrogens (tertiary/aromatic N) is 1. The van der Waals surface area contributed by atoms with Gasteiger partial charge in [-0.1, -0.05) is 0 Å². The predicted molar refractivity (Wildman–Crippen MR) is 48.9 cm³/mol. The molecule has 3 nitrogen and oxygen atoms in total. The predicted octanol–water partition coefficient (Wildman–Crippen LogP) is 0.389. The molecule has 2 N–H and O–H groups in total. The summed E-state index contributed by atoms with van der Waals surface area (Å²) in [4.78, 5) is 13.0. The maximum absolute atomic E-state index is 10.7. The molecule has 0 aliphatic carbocycles. The van der Waals surface area contributed by atoms with E-state index in [0.29, 0.717) is 12.5 Å². The van der Waals surface area contributed by atoms with Crippen LogP contribution >= 0.6 is 0 Å². The number of likely N-dealkylation sites (tertiary alicyclic amines) is 1. The fraction of sp³-hybridized carbons (Fsp3) is 0.889. The molecule has 0 saturated carbocycles. The van der Waals surface area contributed by atoms with E-state index in [0.717, 1.165) is 26.1 Å². The average molecular weight is 170 g/mol. The van der Waals surface area contributed by atoms with Crippen LogP contribution in [0.4, 0.5) is 0 Å². The molecule has 0 aromatic heterocycles. The Bertz CT molecular complexity index is 159. The molecule has 0 radical (unpaired) electrons. The number of rotatable bonds is 3. The molecule has 0 spiro atoms. The Labute approximate surface area is 73.9 Å². The topological polar surface area (TPSA) is 46.3 Å². The standard InChI is InChI=1S/C9H18N2O/c1-8(12)4-6-11-5-2-3-9(10)7-11/h9H,2-7,10H2,1H3. The summed E-state index contributed by atoms with van der Waals surface area (Å²) in [6.07, 6.45) is 2.99. The van der Waals surface area contributed by atoms with Crippen LogP contribution in [0.15, 0.2) is 0 Å². The van der Waals surface area contributed by atoms with Gasteiger partial charge in [-0.05, 0) is 26.3 Å². The van der Waals surface area contributed by atoms with E-state index in [2.05, 4.69) is 4.90 Å².